The molecule has 0 fully saturated rings. The molecule has 11 nitrogen and oxygen atoms in total. The number of nitrogens with zero attached hydrogens (tertiary/aromatic N) is 4. The maximum absolute atomic E-state index is 15.3. The van der Waals surface area contributed by atoms with Crippen LogP contribution in [0.15, 0.2) is 90.0 Å². The summed E-state index contributed by atoms with van der Waals surface area (Å²) >= 11 is 6.39. The Morgan fingerprint density at radius 2 is 1.62 bits per heavy atom. The smallest absolute Gasteiger partial charge is 0.274 e. The Morgan fingerprint density at radius 1 is 0.934 bits per heavy atom. The fraction of sp³-hybridized carbons (Fsp3) is 0.404. The first kappa shape index (κ1) is 45.7. The molecule has 1 aliphatic rings. The standard InChI is InChI=1S/C47H58ClN5O6SSi/c1-9-11-24-52(25-12-10-2)46(56)42-30-51(6)43(49-42)38-23-21-34(44(54)50-60(57,58)37-22-20-32-18-15-19-41(48)39(32)28-37)27-40(38)45(55)53-29-35-17-14-13-16-33(35)26-36(53)31-59-61(7,8)47(3,4)5/h13-23,27-28,30,36H,9-12,24-26,29,31H2,1-8H3,(H,50,54). The van der Waals surface area contributed by atoms with Gasteiger partial charge in [0.2, 0.25) is 0 Å². The summed E-state index contributed by atoms with van der Waals surface area (Å²) in [6.07, 6.45) is 5.84. The van der Waals surface area contributed by atoms with Gasteiger partial charge in [0.25, 0.3) is 27.7 Å². The highest BCUT2D eigenvalue weighted by Crippen LogP contribution is 2.38. The zero-order valence-electron chi connectivity index (χ0n) is 36.5. The number of amides is 3. The van der Waals surface area contributed by atoms with Crippen LogP contribution < -0.4 is 4.72 Å². The van der Waals surface area contributed by atoms with Crippen LogP contribution in [0, 0.1) is 0 Å². The van der Waals surface area contributed by atoms with E-state index in [9.17, 15) is 18.0 Å². The summed E-state index contributed by atoms with van der Waals surface area (Å²) in [6, 6.07) is 21.9. The van der Waals surface area contributed by atoms with E-state index in [4.69, 9.17) is 21.0 Å². The van der Waals surface area contributed by atoms with Crippen molar-refractivity contribution in [2.24, 2.45) is 7.05 Å². The number of carbonyl (C=O) groups is 3. The highest BCUT2D eigenvalue weighted by Gasteiger charge is 2.40. The Bertz CT molecular complexity index is 2540. The molecule has 0 spiro atoms. The lowest BCUT2D eigenvalue weighted by Gasteiger charge is -2.41. The van der Waals surface area contributed by atoms with Crippen LogP contribution in [0.1, 0.15) is 103 Å². The minimum absolute atomic E-state index is 0.0446. The monoisotopic (exact) mass is 883 g/mol. The van der Waals surface area contributed by atoms with Gasteiger partial charge in [0.1, 0.15) is 11.5 Å². The maximum atomic E-state index is 15.3. The van der Waals surface area contributed by atoms with E-state index in [1.54, 1.807) is 47.0 Å². The molecule has 6 rings (SSSR count). The molecule has 324 valence electrons. The lowest BCUT2D eigenvalue weighted by molar-refractivity contribution is 0.0555. The summed E-state index contributed by atoms with van der Waals surface area (Å²) in [5.41, 5.74) is 2.87. The van der Waals surface area contributed by atoms with Gasteiger partial charge in [-0.15, -0.1) is 0 Å². The predicted octanol–water partition coefficient (Wildman–Crippen LogP) is 9.64. The number of unbranched alkanes of at least 4 members (excludes halogenated alkanes) is 2. The number of aromatic nitrogens is 2. The molecule has 1 aliphatic heterocycles. The molecule has 1 aromatic heterocycles. The fourth-order valence-electron chi connectivity index (χ4n) is 7.32. The van der Waals surface area contributed by atoms with Gasteiger partial charge in [-0.1, -0.05) is 102 Å². The number of aryl methyl sites for hydroxylation is 1. The third-order valence-corrected chi connectivity index (χ3v) is 18.3. The van der Waals surface area contributed by atoms with Crippen molar-refractivity contribution in [3.63, 3.8) is 0 Å². The van der Waals surface area contributed by atoms with E-state index in [2.05, 4.69) is 58.5 Å². The Morgan fingerprint density at radius 3 is 2.30 bits per heavy atom. The van der Waals surface area contributed by atoms with E-state index in [0.717, 1.165) is 42.2 Å². The van der Waals surface area contributed by atoms with E-state index >= 15 is 4.79 Å². The van der Waals surface area contributed by atoms with Crippen molar-refractivity contribution in [2.75, 3.05) is 19.7 Å². The number of fused-ring (bicyclic) bond motifs is 2. The van der Waals surface area contributed by atoms with E-state index < -0.39 is 24.2 Å². The van der Waals surface area contributed by atoms with Gasteiger partial charge in [-0.3, -0.25) is 14.4 Å². The number of imidazole rings is 1. The van der Waals surface area contributed by atoms with E-state index in [-0.39, 0.29) is 44.6 Å². The number of benzene rings is 4. The Kier molecular flexibility index (Phi) is 14.0. The third kappa shape index (κ3) is 10.1. The second-order valence-electron chi connectivity index (χ2n) is 17.5. The number of carbonyl (C=O) groups excluding carboxylic acids is 3. The molecule has 0 saturated carbocycles. The van der Waals surface area contributed by atoms with Crippen LogP contribution in [0.2, 0.25) is 23.2 Å². The van der Waals surface area contributed by atoms with Gasteiger partial charge in [0.15, 0.2) is 8.32 Å². The van der Waals surface area contributed by atoms with Gasteiger partial charge in [-0.05, 0) is 90.3 Å². The predicted molar refractivity (Wildman–Crippen MR) is 245 cm³/mol. The van der Waals surface area contributed by atoms with E-state index in [0.29, 0.717) is 54.5 Å². The number of halogens is 1. The molecule has 2 heterocycles. The summed E-state index contributed by atoms with van der Waals surface area (Å²) in [6.45, 7) is 16.9. The number of hydrogen-bond acceptors (Lipinski definition) is 7. The van der Waals surface area contributed by atoms with Crippen LogP contribution in [0.3, 0.4) is 0 Å². The summed E-state index contributed by atoms with van der Waals surface area (Å²) in [4.78, 5) is 51.5. The van der Waals surface area contributed by atoms with E-state index in [1.165, 1.54) is 24.3 Å². The first-order valence-corrected chi connectivity index (χ1v) is 25.9. The van der Waals surface area contributed by atoms with Gasteiger partial charge in [0.05, 0.1) is 23.1 Å². The average Bonchev–Trinajstić information content (AvgIpc) is 3.62. The van der Waals surface area contributed by atoms with Crippen molar-refractivity contribution in [2.45, 2.75) is 102 Å². The number of hydrogen-bond donors (Lipinski definition) is 1. The van der Waals surface area contributed by atoms with Crippen molar-refractivity contribution in [1.29, 1.82) is 0 Å². The van der Waals surface area contributed by atoms with Gasteiger partial charge >= 0.3 is 0 Å². The van der Waals surface area contributed by atoms with Crippen LogP contribution in [0.4, 0.5) is 0 Å². The van der Waals surface area contributed by atoms with Crippen LogP contribution >= 0.6 is 11.6 Å². The number of nitrogens with one attached hydrogen (secondary N) is 1. The summed E-state index contributed by atoms with van der Waals surface area (Å²) < 4.78 is 38.1. The van der Waals surface area contributed by atoms with Gasteiger partial charge in [0, 0.05) is 54.4 Å². The molecule has 1 atom stereocenters. The van der Waals surface area contributed by atoms with Crippen molar-refractivity contribution in [1.82, 2.24) is 24.1 Å². The zero-order chi connectivity index (χ0) is 44.3. The van der Waals surface area contributed by atoms with Crippen LogP contribution in [-0.2, 0) is 34.5 Å². The van der Waals surface area contributed by atoms with Crippen molar-refractivity contribution in [3.05, 3.63) is 118 Å². The van der Waals surface area contributed by atoms with Crippen LogP contribution in [0.5, 0.6) is 0 Å². The fourth-order valence-corrected chi connectivity index (χ4v) is 9.60. The lowest BCUT2D eigenvalue weighted by atomic mass is 9.92. The van der Waals surface area contributed by atoms with Crippen LogP contribution in [-0.4, -0.2) is 79.5 Å². The molecule has 14 heteroatoms. The largest absolute Gasteiger partial charge is 0.415 e. The molecule has 0 radical (unpaired) electrons. The number of rotatable bonds is 15. The molecule has 0 aliphatic carbocycles. The average molecular weight is 885 g/mol. The van der Waals surface area contributed by atoms with Gasteiger partial charge in [-0.2, -0.15) is 0 Å². The molecular weight excluding hydrogens is 826 g/mol. The minimum Gasteiger partial charge on any atom is -0.415 e. The molecule has 1 unspecified atom stereocenters. The molecule has 0 saturated heterocycles. The molecule has 61 heavy (non-hydrogen) atoms. The SMILES string of the molecule is CCCCN(CCCC)C(=O)c1cn(C)c(-c2ccc(C(=O)NS(=O)(=O)c3ccc4cccc(Cl)c4c3)cc2C(=O)N2Cc3ccccc3CC2CO[Si](C)(C)C(C)(C)C)n1. The minimum atomic E-state index is -4.37. The van der Waals surface area contributed by atoms with Gasteiger partial charge < -0.3 is 18.8 Å². The molecular formula is C47H58ClN5O6SSi. The van der Waals surface area contributed by atoms with E-state index in [1.807, 2.05) is 29.2 Å². The normalized spacial score (nSPS) is 14.5. The Hall–Kier alpha value is -4.82. The molecule has 5 aromatic rings. The quantitative estimate of drug-likeness (QED) is 0.104. The first-order chi connectivity index (χ1) is 28.8. The molecule has 4 aromatic carbocycles. The zero-order valence-corrected chi connectivity index (χ0v) is 39.1. The topological polar surface area (TPSA) is 131 Å². The summed E-state index contributed by atoms with van der Waals surface area (Å²) in [5.74, 6) is -1.13. The highest BCUT2D eigenvalue weighted by molar-refractivity contribution is 7.90. The van der Waals surface area contributed by atoms with Crippen molar-refractivity contribution in [3.8, 4) is 11.4 Å². The van der Waals surface area contributed by atoms with Crippen molar-refractivity contribution >= 4 is 58.4 Å². The Labute approximate surface area is 366 Å². The summed E-state index contributed by atoms with van der Waals surface area (Å²) in [7, 11) is -4.82. The second kappa shape index (κ2) is 18.7. The van der Waals surface area contributed by atoms with Crippen molar-refractivity contribution < 1.29 is 27.2 Å². The first-order valence-electron chi connectivity index (χ1n) is 21.1. The maximum Gasteiger partial charge on any atom is 0.274 e. The van der Waals surface area contributed by atoms with Gasteiger partial charge in [-0.25, -0.2) is 18.1 Å². The molecule has 0 bridgehead atoms. The summed E-state index contributed by atoms with van der Waals surface area (Å²) in [5, 5.41) is 1.60. The number of sulfonamides is 1. The molecule has 3 amide bonds. The third-order valence-electron chi connectivity index (χ3n) is 12.1. The second-order valence-corrected chi connectivity index (χ2v) is 24.4. The Balaban J connectivity index is 1.42. The lowest BCUT2D eigenvalue weighted by Crippen LogP contribution is -2.50. The highest BCUT2D eigenvalue weighted by atomic mass is 35.5. The molecule has 1 N–H and O–H groups in total. The van der Waals surface area contributed by atoms with Crippen LogP contribution in [0.25, 0.3) is 22.2 Å².